The molecule has 0 aromatic carbocycles. The van der Waals surface area contributed by atoms with Crippen LogP contribution in [0.15, 0.2) is 40.0 Å². The Morgan fingerprint density at radius 2 is 2.23 bits per heavy atom. The van der Waals surface area contributed by atoms with Gasteiger partial charge in [0.2, 0.25) is 5.95 Å². The Hall–Kier alpha value is -2.94. The molecule has 22 heavy (non-hydrogen) atoms. The lowest BCUT2D eigenvalue weighted by Gasteiger charge is -2.02. The monoisotopic (exact) mass is 316 g/mol. The zero-order valence-electron chi connectivity index (χ0n) is 10.9. The highest BCUT2D eigenvalue weighted by Gasteiger charge is 2.25. The average Bonchev–Trinajstić information content (AvgIpc) is 3.10. The number of aromatic nitrogens is 2. The molecule has 2 aromatic heterocycles. The van der Waals surface area contributed by atoms with Crippen molar-refractivity contribution in [3.63, 3.8) is 0 Å². The number of nitrogens with one attached hydrogen (secondary N) is 2. The van der Waals surface area contributed by atoms with E-state index in [-0.39, 0.29) is 16.6 Å². The Bertz CT molecular complexity index is 785. The molecule has 0 radical (unpaired) electrons. The second-order valence-electron chi connectivity index (χ2n) is 4.09. The van der Waals surface area contributed by atoms with Crippen LogP contribution in [0.3, 0.4) is 0 Å². The maximum atomic E-state index is 11.8. The summed E-state index contributed by atoms with van der Waals surface area (Å²) in [5.41, 5.74) is 0.386. The summed E-state index contributed by atoms with van der Waals surface area (Å²) in [5.74, 6) is -0.776. The maximum Gasteiger partial charge on any atom is 0.293 e. The third kappa shape index (κ3) is 3.04. The molecule has 9 heteroatoms. The standard InChI is InChI=1S/C13H8N4O4S/c18-10(8-2-1-5-21-8)16-12-14-4-3-7(15-12)6-9-11(19)17-13(20)22-9/h1-6H,(H,17,19,20)(H,14,15,16,18)/b9-6+. The number of carbonyl (C=O) groups excluding carboxylic acids is 3. The van der Waals surface area contributed by atoms with Gasteiger partial charge < -0.3 is 4.42 Å². The van der Waals surface area contributed by atoms with E-state index in [1.165, 1.54) is 24.6 Å². The second kappa shape index (κ2) is 5.82. The van der Waals surface area contributed by atoms with Crippen LogP contribution >= 0.6 is 11.8 Å². The molecule has 0 saturated carbocycles. The molecule has 0 bridgehead atoms. The van der Waals surface area contributed by atoms with E-state index in [0.717, 1.165) is 11.8 Å². The fourth-order valence-corrected chi connectivity index (χ4v) is 2.31. The van der Waals surface area contributed by atoms with Gasteiger partial charge in [-0.3, -0.25) is 25.0 Å². The van der Waals surface area contributed by atoms with Gasteiger partial charge in [0.25, 0.3) is 17.1 Å². The van der Waals surface area contributed by atoms with E-state index in [1.807, 2.05) is 0 Å². The summed E-state index contributed by atoms with van der Waals surface area (Å²) in [7, 11) is 0. The van der Waals surface area contributed by atoms with E-state index in [1.54, 1.807) is 12.1 Å². The number of imide groups is 1. The van der Waals surface area contributed by atoms with Gasteiger partial charge in [0, 0.05) is 6.20 Å². The fourth-order valence-electron chi connectivity index (χ4n) is 1.64. The molecule has 0 unspecified atom stereocenters. The lowest BCUT2D eigenvalue weighted by Crippen LogP contribution is -2.17. The van der Waals surface area contributed by atoms with Crippen molar-refractivity contribution >= 4 is 40.8 Å². The van der Waals surface area contributed by atoms with E-state index in [2.05, 4.69) is 20.6 Å². The molecule has 3 heterocycles. The summed E-state index contributed by atoms with van der Waals surface area (Å²) in [6.45, 7) is 0. The third-order valence-corrected chi connectivity index (χ3v) is 3.38. The fraction of sp³-hybridized carbons (Fsp3) is 0. The van der Waals surface area contributed by atoms with Crippen LogP contribution < -0.4 is 10.6 Å². The Kier molecular flexibility index (Phi) is 3.71. The lowest BCUT2D eigenvalue weighted by atomic mass is 10.3. The van der Waals surface area contributed by atoms with Crippen LogP contribution in [0.1, 0.15) is 16.2 Å². The Morgan fingerprint density at radius 3 is 2.91 bits per heavy atom. The SMILES string of the molecule is O=C1NC(=O)/C(=C\c2ccnc(NC(=O)c3ccco3)n2)S1. The van der Waals surface area contributed by atoms with Crippen molar-refractivity contribution in [1.82, 2.24) is 15.3 Å². The summed E-state index contributed by atoms with van der Waals surface area (Å²) in [6.07, 6.45) is 4.25. The number of anilines is 1. The van der Waals surface area contributed by atoms with E-state index >= 15 is 0 Å². The first-order valence-corrected chi connectivity index (χ1v) is 6.86. The number of carbonyl (C=O) groups is 3. The minimum atomic E-state index is -0.488. The van der Waals surface area contributed by atoms with Gasteiger partial charge in [-0.2, -0.15) is 0 Å². The summed E-state index contributed by atoms with van der Waals surface area (Å²) in [4.78, 5) is 42.6. The largest absolute Gasteiger partial charge is 0.459 e. The molecule has 2 aromatic rings. The molecule has 3 amide bonds. The Labute approximate surface area is 128 Å². The molecule has 8 nitrogen and oxygen atoms in total. The number of furan rings is 1. The molecule has 0 spiro atoms. The third-order valence-electron chi connectivity index (χ3n) is 2.57. The van der Waals surface area contributed by atoms with Gasteiger partial charge in [0.05, 0.1) is 16.9 Å². The van der Waals surface area contributed by atoms with Gasteiger partial charge in [-0.05, 0) is 36.0 Å². The number of rotatable bonds is 3. The zero-order chi connectivity index (χ0) is 15.5. The van der Waals surface area contributed by atoms with Crippen LogP contribution in [-0.4, -0.2) is 27.0 Å². The highest BCUT2D eigenvalue weighted by Crippen LogP contribution is 2.25. The molecule has 110 valence electrons. The average molecular weight is 316 g/mol. The van der Waals surface area contributed by atoms with E-state index in [0.29, 0.717) is 5.69 Å². The quantitative estimate of drug-likeness (QED) is 0.827. The Balaban J connectivity index is 1.78. The summed E-state index contributed by atoms with van der Waals surface area (Å²) in [5, 5.41) is 4.18. The van der Waals surface area contributed by atoms with Crippen LogP contribution in [0.5, 0.6) is 0 Å². The van der Waals surface area contributed by atoms with Crippen molar-refractivity contribution in [2.75, 3.05) is 5.32 Å². The van der Waals surface area contributed by atoms with E-state index in [9.17, 15) is 14.4 Å². The number of amides is 3. The molecule has 1 aliphatic heterocycles. The van der Waals surface area contributed by atoms with Gasteiger partial charge in [-0.1, -0.05) is 0 Å². The predicted molar refractivity (Wildman–Crippen MR) is 77.8 cm³/mol. The van der Waals surface area contributed by atoms with Crippen molar-refractivity contribution in [2.45, 2.75) is 0 Å². The van der Waals surface area contributed by atoms with E-state index in [4.69, 9.17) is 4.42 Å². The molecule has 0 atom stereocenters. The molecular weight excluding hydrogens is 308 g/mol. The first-order valence-electron chi connectivity index (χ1n) is 6.04. The van der Waals surface area contributed by atoms with Crippen LogP contribution in [0.4, 0.5) is 10.7 Å². The molecule has 2 N–H and O–H groups in total. The smallest absolute Gasteiger partial charge is 0.293 e. The predicted octanol–water partition coefficient (Wildman–Crippen LogP) is 1.65. The first-order chi connectivity index (χ1) is 10.6. The number of thioether (sulfide) groups is 1. The van der Waals surface area contributed by atoms with Gasteiger partial charge >= 0.3 is 0 Å². The highest BCUT2D eigenvalue weighted by molar-refractivity contribution is 8.18. The molecular formula is C13H8N4O4S. The zero-order valence-corrected chi connectivity index (χ0v) is 11.7. The van der Waals surface area contributed by atoms with Crippen molar-refractivity contribution in [1.29, 1.82) is 0 Å². The summed E-state index contributed by atoms with van der Waals surface area (Å²) in [6, 6.07) is 4.64. The first kappa shape index (κ1) is 14.0. The number of nitrogens with zero attached hydrogens (tertiary/aromatic N) is 2. The van der Waals surface area contributed by atoms with Crippen LogP contribution in [0.2, 0.25) is 0 Å². The van der Waals surface area contributed by atoms with Crippen LogP contribution in [0.25, 0.3) is 6.08 Å². The van der Waals surface area contributed by atoms with Crippen molar-refractivity contribution in [3.05, 3.63) is 47.0 Å². The highest BCUT2D eigenvalue weighted by atomic mass is 32.2. The summed E-state index contributed by atoms with van der Waals surface area (Å²) >= 11 is 0.785. The minimum Gasteiger partial charge on any atom is -0.459 e. The number of hydrogen-bond donors (Lipinski definition) is 2. The Morgan fingerprint density at radius 1 is 1.36 bits per heavy atom. The van der Waals surface area contributed by atoms with Crippen LogP contribution in [-0.2, 0) is 4.79 Å². The molecule has 1 fully saturated rings. The molecule has 0 aliphatic carbocycles. The van der Waals surface area contributed by atoms with Crippen molar-refractivity contribution in [3.8, 4) is 0 Å². The molecule has 1 saturated heterocycles. The van der Waals surface area contributed by atoms with Gasteiger partial charge in [0.15, 0.2) is 5.76 Å². The van der Waals surface area contributed by atoms with Gasteiger partial charge in [0.1, 0.15) is 0 Å². The molecule has 1 aliphatic rings. The van der Waals surface area contributed by atoms with E-state index < -0.39 is 17.1 Å². The van der Waals surface area contributed by atoms with Gasteiger partial charge in [-0.25, -0.2) is 9.97 Å². The molecule has 3 rings (SSSR count). The van der Waals surface area contributed by atoms with Crippen molar-refractivity contribution in [2.24, 2.45) is 0 Å². The normalized spacial score (nSPS) is 15.9. The maximum absolute atomic E-state index is 11.8. The number of hydrogen-bond acceptors (Lipinski definition) is 7. The lowest BCUT2D eigenvalue weighted by molar-refractivity contribution is -0.115. The van der Waals surface area contributed by atoms with Gasteiger partial charge in [-0.15, -0.1) is 0 Å². The topological polar surface area (TPSA) is 114 Å². The summed E-state index contributed by atoms with van der Waals surface area (Å²) < 4.78 is 4.96. The van der Waals surface area contributed by atoms with Crippen molar-refractivity contribution < 1.29 is 18.8 Å². The second-order valence-corrected chi connectivity index (χ2v) is 5.10. The van der Waals surface area contributed by atoms with Crippen LogP contribution in [0, 0.1) is 0 Å². The minimum absolute atomic E-state index is 0.0606.